The first-order valence-corrected chi connectivity index (χ1v) is 6.78. The minimum absolute atomic E-state index is 0.168. The molecule has 8 nitrogen and oxygen atoms in total. The fraction of sp³-hybridized carbons (Fsp3) is 0.286. The van der Waals surface area contributed by atoms with Crippen LogP contribution in [0.15, 0.2) is 24.3 Å². The van der Waals surface area contributed by atoms with Crippen LogP contribution in [0.5, 0.6) is 0 Å². The third-order valence-corrected chi connectivity index (χ3v) is 2.55. The Morgan fingerprint density at radius 2 is 1.42 bits per heavy atom. The molecule has 0 aliphatic carbocycles. The molecule has 0 saturated carbocycles. The summed E-state index contributed by atoms with van der Waals surface area (Å²) in [5.74, 6) is 0. The highest BCUT2D eigenvalue weighted by molar-refractivity contribution is 7.80. The van der Waals surface area contributed by atoms with Gasteiger partial charge in [0.25, 0.3) is 0 Å². The minimum atomic E-state index is -3.27. The number of alkyl carbamates (subject to hydrolysis) is 2. The number of benzene rings is 1. The number of hydrogen-bond donors (Lipinski definition) is 4. The molecule has 0 aromatic heterocycles. The van der Waals surface area contributed by atoms with Crippen LogP contribution in [0.2, 0.25) is 0 Å². The summed E-state index contributed by atoms with van der Waals surface area (Å²) in [7, 11) is 0. The van der Waals surface area contributed by atoms with E-state index in [1.54, 1.807) is 0 Å². The number of amides is 2. The van der Waals surface area contributed by atoms with Gasteiger partial charge in [-0.1, -0.05) is 12.1 Å². The summed E-state index contributed by atoms with van der Waals surface area (Å²) in [5.41, 5.74) is 0.337. The first kappa shape index (κ1) is 9.14. The van der Waals surface area contributed by atoms with Gasteiger partial charge in [-0.15, -0.1) is 0 Å². The number of ether oxygens (including phenoxy) is 2. The van der Waals surface area contributed by atoms with E-state index in [4.69, 9.17) is 38.1 Å². The summed E-state index contributed by atoms with van der Waals surface area (Å²) in [5, 5.41) is 8.12. The van der Waals surface area contributed by atoms with Crippen LogP contribution in [0.1, 0.15) is 27.4 Å². The molecular weight excluding hydrogens is 352 g/mol. The van der Waals surface area contributed by atoms with Crippen LogP contribution < -0.4 is 21.3 Å². The average molecular weight is 381 g/mol. The van der Waals surface area contributed by atoms with E-state index in [9.17, 15) is 9.59 Å². The third-order valence-electron chi connectivity index (χ3n) is 2.14. The summed E-state index contributed by atoms with van der Waals surface area (Å²) in [6, 6.07) is 5.96. The van der Waals surface area contributed by atoms with Gasteiger partial charge < -0.3 is 20.1 Å². The Balaban J connectivity index is 2.76. The zero-order chi connectivity index (χ0) is 26.5. The summed E-state index contributed by atoms with van der Waals surface area (Å²) >= 11 is 9.80. The van der Waals surface area contributed by atoms with Crippen molar-refractivity contribution in [2.24, 2.45) is 0 Å². The highest BCUT2D eigenvalue weighted by atomic mass is 32.1. The van der Waals surface area contributed by atoms with Gasteiger partial charge in [-0.3, -0.25) is 10.6 Å². The zero-order valence-corrected chi connectivity index (χ0v) is 13.4. The predicted molar refractivity (Wildman–Crippen MR) is 99.2 cm³/mol. The van der Waals surface area contributed by atoms with Crippen LogP contribution in [0, 0.1) is 0 Å². The average Bonchev–Trinajstić information content (AvgIpc) is 2.59. The molecule has 0 bridgehead atoms. The van der Waals surface area contributed by atoms with Crippen molar-refractivity contribution in [3.63, 3.8) is 0 Å². The summed E-state index contributed by atoms with van der Waals surface area (Å²) in [4.78, 5) is 23.5. The molecule has 1 aromatic carbocycles. The number of rotatable bonds is 4. The molecule has 0 saturated heterocycles. The van der Waals surface area contributed by atoms with E-state index in [1.165, 1.54) is 24.3 Å². The molecule has 4 N–H and O–H groups in total. The molecule has 10 heteroatoms. The zero-order valence-electron chi connectivity index (χ0n) is 21.8. The molecule has 130 valence electrons. The number of thiocarbonyl (C=S) groups is 2. The lowest BCUT2D eigenvalue weighted by Gasteiger charge is -2.15. The molecule has 0 atom stereocenters. The van der Waals surface area contributed by atoms with E-state index >= 15 is 0 Å². The van der Waals surface area contributed by atoms with Crippen molar-refractivity contribution in [1.82, 2.24) is 10.6 Å². The highest BCUT2D eigenvalue weighted by Gasteiger charge is 2.10. The predicted octanol–water partition coefficient (Wildman–Crippen LogP) is 2.57. The summed E-state index contributed by atoms with van der Waals surface area (Å²) in [6.45, 7) is -13.0. The molecule has 1 aromatic rings. The van der Waals surface area contributed by atoms with Crippen molar-refractivity contribution in [2.75, 3.05) is 23.8 Å². The Morgan fingerprint density at radius 1 is 1.00 bits per heavy atom. The van der Waals surface area contributed by atoms with Crippen molar-refractivity contribution in [2.45, 2.75) is 13.7 Å². The van der Waals surface area contributed by atoms with E-state index in [1.807, 2.05) is 10.6 Å². The van der Waals surface area contributed by atoms with E-state index in [0.29, 0.717) is 0 Å². The Bertz CT molecular complexity index is 880. The van der Waals surface area contributed by atoms with Crippen molar-refractivity contribution >= 4 is 58.2 Å². The van der Waals surface area contributed by atoms with Gasteiger partial charge in [0, 0.05) is 8.22 Å². The van der Waals surface area contributed by atoms with Crippen LogP contribution >= 0.6 is 24.4 Å². The molecule has 0 aliphatic heterocycles. The Morgan fingerprint density at radius 3 is 1.79 bits per heavy atom. The maximum Gasteiger partial charge on any atom is 0.413 e. The maximum absolute atomic E-state index is 11.8. The number of para-hydroxylation sites is 2. The van der Waals surface area contributed by atoms with Crippen LogP contribution in [0.4, 0.5) is 21.0 Å². The van der Waals surface area contributed by atoms with E-state index in [2.05, 4.69) is 20.1 Å². The summed E-state index contributed by atoms with van der Waals surface area (Å²) < 4.78 is 79.6. The molecule has 0 unspecified atom stereocenters. The summed E-state index contributed by atoms with van der Waals surface area (Å²) in [6.07, 6.45) is -2.96. The smallest absolute Gasteiger partial charge is 0.413 e. The number of anilines is 2. The lowest BCUT2D eigenvalue weighted by atomic mass is 10.2. The maximum atomic E-state index is 11.8. The third kappa shape index (κ3) is 7.20. The van der Waals surface area contributed by atoms with Crippen molar-refractivity contribution < 1.29 is 32.8 Å². The monoisotopic (exact) mass is 380 g/mol. The fourth-order valence-electron chi connectivity index (χ4n) is 1.34. The van der Waals surface area contributed by atoms with Crippen molar-refractivity contribution in [3.05, 3.63) is 24.3 Å². The quantitative estimate of drug-likeness (QED) is 0.592. The topological polar surface area (TPSA) is 101 Å². The van der Waals surface area contributed by atoms with Gasteiger partial charge in [-0.2, -0.15) is 0 Å². The fourth-order valence-corrected chi connectivity index (χ4v) is 1.72. The molecule has 0 radical (unpaired) electrons. The highest BCUT2D eigenvalue weighted by Crippen LogP contribution is 2.20. The molecule has 24 heavy (non-hydrogen) atoms. The van der Waals surface area contributed by atoms with Gasteiger partial charge in [0.2, 0.25) is 0 Å². The van der Waals surface area contributed by atoms with Crippen LogP contribution in [0.3, 0.4) is 0 Å². The standard InChI is InChI=1S/C14H18N4O4S2/c1-3-21-13(19)17-11(23)15-9-7-5-6-8-10(9)16-12(24)18-14(20)22-4-2/h5-8H,3-4H2,1-2H3,(H2,15,17,19,23)(H2,16,18,20,24)/i1D3,2D3,3D2,4D2. The van der Waals surface area contributed by atoms with Gasteiger partial charge in [0.15, 0.2) is 10.2 Å². The van der Waals surface area contributed by atoms with Gasteiger partial charge in [0.05, 0.1) is 30.0 Å². The number of carbonyl (C=O) groups is 2. The van der Waals surface area contributed by atoms with Gasteiger partial charge in [-0.25, -0.2) is 9.59 Å². The number of carbonyl (C=O) groups excluding carboxylic acids is 2. The number of nitrogens with one attached hydrogen (secondary N) is 4. The molecule has 0 heterocycles. The molecule has 0 aliphatic rings. The Kier molecular flexibility index (Phi) is 3.94. The Labute approximate surface area is 164 Å². The molecule has 2 amide bonds. The van der Waals surface area contributed by atoms with Crippen molar-refractivity contribution in [1.29, 1.82) is 0 Å². The van der Waals surface area contributed by atoms with E-state index < -0.39 is 49.2 Å². The lowest BCUT2D eigenvalue weighted by Crippen LogP contribution is -2.36. The van der Waals surface area contributed by atoms with Crippen LogP contribution in [0.25, 0.3) is 0 Å². The van der Waals surface area contributed by atoms with Crippen LogP contribution in [-0.4, -0.2) is 35.5 Å². The molecule has 1 rings (SSSR count). The largest absolute Gasteiger partial charge is 0.450 e. The Hall–Kier alpha value is -2.46. The van der Waals surface area contributed by atoms with E-state index in [-0.39, 0.29) is 11.4 Å². The second-order valence-electron chi connectivity index (χ2n) is 3.69. The lowest BCUT2D eigenvalue weighted by molar-refractivity contribution is 0.157. The second-order valence-corrected chi connectivity index (χ2v) is 4.50. The van der Waals surface area contributed by atoms with Crippen molar-refractivity contribution in [3.8, 4) is 0 Å². The van der Waals surface area contributed by atoms with Gasteiger partial charge in [0.1, 0.15) is 0 Å². The van der Waals surface area contributed by atoms with Crippen LogP contribution in [-0.2, 0) is 9.47 Å². The normalized spacial score (nSPS) is 17.8. The molecule has 0 fully saturated rings. The first-order valence-electron chi connectivity index (χ1n) is 11.0. The van der Waals surface area contributed by atoms with E-state index in [0.717, 1.165) is 0 Å². The molecule has 0 spiro atoms. The number of hydrogen-bond acceptors (Lipinski definition) is 6. The SMILES string of the molecule is [2H]C([2H])([2H])C([2H])([2H])OC(=O)NC(=S)Nc1ccccc1NC(=S)NC(=O)OC([2H])([2H])C([2H])([2H])[2H]. The first-order chi connectivity index (χ1) is 15.2. The minimum Gasteiger partial charge on any atom is -0.450 e. The van der Waals surface area contributed by atoms with Gasteiger partial charge in [-0.05, 0) is 50.3 Å². The van der Waals surface area contributed by atoms with Gasteiger partial charge >= 0.3 is 12.2 Å². The second kappa shape index (κ2) is 10.3. The molecular formula is C14H18N4O4S2.